The van der Waals surface area contributed by atoms with Gasteiger partial charge in [-0.15, -0.1) is 0 Å². The van der Waals surface area contributed by atoms with Crippen LogP contribution in [0.5, 0.6) is 0 Å². The highest BCUT2D eigenvalue weighted by Crippen LogP contribution is 2.48. The molecule has 0 N–H and O–H groups in total. The summed E-state index contributed by atoms with van der Waals surface area (Å²) in [6.07, 6.45) is 5.38. The van der Waals surface area contributed by atoms with E-state index >= 15 is 0 Å². The predicted molar refractivity (Wildman–Crippen MR) is 134 cm³/mol. The van der Waals surface area contributed by atoms with Crippen molar-refractivity contribution in [2.24, 2.45) is 47.3 Å². The number of rotatable bonds is 2. The second kappa shape index (κ2) is 12.5. The molecule has 0 bridgehead atoms. The fraction of sp³-hybridized carbons (Fsp3) is 0.933. The van der Waals surface area contributed by atoms with Gasteiger partial charge in [-0.2, -0.15) is 26.3 Å². The molecule has 0 aromatic rings. The van der Waals surface area contributed by atoms with E-state index in [-0.39, 0.29) is 23.8 Å². The standard InChI is InChI=1S/C15H25F3.C15H23F3/c2*1-10-3-6-12(7-4-10)13-8-5-11(2)14(9-13)15(16,17)18/h10-14H,3-9H2,1-2H3;10,12-13H,3-9H2,1-2H3/t10?,11-,12?,13?,14?;/m0./s1. The van der Waals surface area contributed by atoms with Crippen LogP contribution in [-0.2, 0) is 0 Å². The number of alkyl halides is 6. The molecule has 210 valence electrons. The summed E-state index contributed by atoms with van der Waals surface area (Å²) in [7, 11) is 0. The van der Waals surface area contributed by atoms with Crippen molar-refractivity contribution in [1.82, 2.24) is 0 Å². The molecule has 4 atom stereocenters. The van der Waals surface area contributed by atoms with E-state index in [1.165, 1.54) is 25.7 Å². The van der Waals surface area contributed by atoms with Gasteiger partial charge in [0.15, 0.2) is 0 Å². The number of hydrogen-bond acceptors (Lipinski definition) is 0. The van der Waals surface area contributed by atoms with Crippen LogP contribution in [0.4, 0.5) is 26.3 Å². The second-order valence-electron chi connectivity index (χ2n) is 13.0. The number of allylic oxidation sites excluding steroid dienone is 2. The van der Waals surface area contributed by atoms with E-state index in [9.17, 15) is 26.3 Å². The summed E-state index contributed by atoms with van der Waals surface area (Å²) >= 11 is 0. The summed E-state index contributed by atoms with van der Waals surface area (Å²) in [5.74, 6) is 2.04. The first-order chi connectivity index (χ1) is 16.8. The molecule has 0 aromatic carbocycles. The zero-order chi connectivity index (χ0) is 26.7. The molecule has 4 aliphatic carbocycles. The Labute approximate surface area is 215 Å². The minimum absolute atomic E-state index is 0.177. The van der Waals surface area contributed by atoms with E-state index in [4.69, 9.17) is 0 Å². The molecule has 0 saturated heterocycles. The van der Waals surface area contributed by atoms with Gasteiger partial charge >= 0.3 is 12.4 Å². The first-order valence-electron chi connectivity index (χ1n) is 14.6. The van der Waals surface area contributed by atoms with Crippen molar-refractivity contribution >= 4 is 0 Å². The lowest BCUT2D eigenvalue weighted by Gasteiger charge is -2.41. The van der Waals surface area contributed by atoms with Crippen molar-refractivity contribution < 1.29 is 26.3 Å². The van der Waals surface area contributed by atoms with Crippen molar-refractivity contribution in [1.29, 1.82) is 0 Å². The minimum Gasteiger partial charge on any atom is -0.171 e. The van der Waals surface area contributed by atoms with E-state index in [0.29, 0.717) is 36.2 Å². The summed E-state index contributed by atoms with van der Waals surface area (Å²) in [6.45, 7) is 7.94. The van der Waals surface area contributed by atoms with E-state index in [2.05, 4.69) is 13.8 Å². The van der Waals surface area contributed by atoms with Crippen molar-refractivity contribution in [3.8, 4) is 0 Å². The first kappa shape index (κ1) is 29.9. The van der Waals surface area contributed by atoms with Gasteiger partial charge in [-0.05, 0) is 113 Å². The number of halogens is 6. The fourth-order valence-electron chi connectivity index (χ4n) is 7.60. The maximum Gasteiger partial charge on any atom is 0.412 e. The van der Waals surface area contributed by atoms with Gasteiger partial charge in [-0.25, -0.2) is 0 Å². The molecule has 0 aromatic heterocycles. The van der Waals surface area contributed by atoms with Gasteiger partial charge in [0.25, 0.3) is 0 Å². The van der Waals surface area contributed by atoms with Crippen LogP contribution in [0.2, 0.25) is 0 Å². The molecule has 3 fully saturated rings. The zero-order valence-corrected chi connectivity index (χ0v) is 22.8. The van der Waals surface area contributed by atoms with Gasteiger partial charge in [0.2, 0.25) is 0 Å². The summed E-state index contributed by atoms with van der Waals surface area (Å²) < 4.78 is 77.8. The molecule has 0 heterocycles. The summed E-state index contributed by atoms with van der Waals surface area (Å²) in [6, 6.07) is 0. The van der Waals surface area contributed by atoms with Gasteiger partial charge < -0.3 is 0 Å². The lowest BCUT2D eigenvalue weighted by molar-refractivity contribution is -0.200. The molecule has 0 radical (unpaired) electrons. The molecule has 36 heavy (non-hydrogen) atoms. The highest BCUT2D eigenvalue weighted by atomic mass is 19.4. The molecule has 0 nitrogen and oxygen atoms in total. The van der Waals surface area contributed by atoms with Crippen molar-refractivity contribution in [2.75, 3.05) is 0 Å². The largest absolute Gasteiger partial charge is 0.412 e. The Morgan fingerprint density at radius 2 is 1.06 bits per heavy atom. The van der Waals surface area contributed by atoms with Crippen molar-refractivity contribution in [3.63, 3.8) is 0 Å². The van der Waals surface area contributed by atoms with E-state index < -0.39 is 18.3 Å². The van der Waals surface area contributed by atoms with E-state index in [1.54, 1.807) is 13.8 Å². The van der Waals surface area contributed by atoms with Crippen LogP contribution < -0.4 is 0 Å². The number of hydrogen-bond donors (Lipinski definition) is 0. The highest BCUT2D eigenvalue weighted by Gasteiger charge is 2.47. The summed E-state index contributed by atoms with van der Waals surface area (Å²) in [4.78, 5) is 0. The average Bonchev–Trinajstić information content (AvgIpc) is 2.80. The van der Waals surface area contributed by atoms with Gasteiger partial charge in [-0.3, -0.25) is 0 Å². The molecule has 0 aliphatic heterocycles. The Kier molecular flexibility index (Phi) is 10.3. The Hall–Kier alpha value is -0.680. The highest BCUT2D eigenvalue weighted by molar-refractivity contribution is 5.21. The van der Waals surface area contributed by atoms with Gasteiger partial charge in [0.05, 0.1) is 5.92 Å². The molecule has 4 rings (SSSR count). The van der Waals surface area contributed by atoms with Crippen LogP contribution in [-0.4, -0.2) is 12.4 Å². The van der Waals surface area contributed by atoms with Gasteiger partial charge in [-0.1, -0.05) is 52.0 Å². The van der Waals surface area contributed by atoms with Crippen LogP contribution in [0.3, 0.4) is 0 Å². The normalized spacial score (nSPS) is 38.8. The van der Waals surface area contributed by atoms with Gasteiger partial charge in [0, 0.05) is 5.57 Å². The first-order valence-corrected chi connectivity index (χ1v) is 14.6. The molecule has 3 saturated carbocycles. The molecule has 0 spiro atoms. The molecular weight excluding hydrogens is 474 g/mol. The third-order valence-electron chi connectivity index (χ3n) is 10.3. The van der Waals surface area contributed by atoms with E-state index in [0.717, 1.165) is 56.8 Å². The topological polar surface area (TPSA) is 0 Å². The Balaban J connectivity index is 0.000000201. The Morgan fingerprint density at radius 1 is 0.583 bits per heavy atom. The molecule has 4 aliphatic rings. The van der Waals surface area contributed by atoms with Gasteiger partial charge in [0.1, 0.15) is 0 Å². The summed E-state index contributed by atoms with van der Waals surface area (Å²) in [5, 5.41) is 0. The molecule has 3 unspecified atom stereocenters. The second-order valence-corrected chi connectivity index (χ2v) is 13.0. The smallest absolute Gasteiger partial charge is 0.171 e. The maximum absolute atomic E-state index is 13.0. The van der Waals surface area contributed by atoms with Crippen molar-refractivity contribution in [3.05, 3.63) is 11.1 Å². The quantitative estimate of drug-likeness (QED) is 0.250. The third kappa shape index (κ3) is 8.16. The fourth-order valence-corrected chi connectivity index (χ4v) is 7.60. The Bertz CT molecular complexity index is 704. The van der Waals surface area contributed by atoms with Crippen LogP contribution in [0, 0.1) is 47.3 Å². The molecular formula is C30H48F6. The lowest BCUT2D eigenvalue weighted by Crippen LogP contribution is -2.37. The maximum atomic E-state index is 13.0. The Morgan fingerprint density at radius 3 is 1.53 bits per heavy atom. The molecule has 6 heteroatoms. The van der Waals surface area contributed by atoms with E-state index in [1.807, 2.05) is 0 Å². The van der Waals surface area contributed by atoms with Crippen molar-refractivity contribution in [2.45, 2.75) is 130 Å². The van der Waals surface area contributed by atoms with Crippen LogP contribution in [0.15, 0.2) is 11.1 Å². The van der Waals surface area contributed by atoms with Crippen LogP contribution in [0.25, 0.3) is 0 Å². The molecule has 0 amide bonds. The summed E-state index contributed by atoms with van der Waals surface area (Å²) in [5.41, 5.74) is 0.347. The van der Waals surface area contributed by atoms with Crippen LogP contribution >= 0.6 is 0 Å². The predicted octanol–water partition coefficient (Wildman–Crippen LogP) is 10.9. The third-order valence-corrected chi connectivity index (χ3v) is 10.3. The lowest BCUT2D eigenvalue weighted by atomic mass is 9.66. The van der Waals surface area contributed by atoms with Crippen LogP contribution in [0.1, 0.15) is 118 Å². The minimum atomic E-state index is -4.11. The SMILES string of the molecule is CC1=C(C(F)(F)F)CC(C2CCC(C)CC2)CC1.CC1CCC(C2CC[C@H](C)C(C(F)(F)F)C2)CC1. The average molecular weight is 523 g/mol. The zero-order valence-electron chi connectivity index (χ0n) is 22.8. The monoisotopic (exact) mass is 522 g/mol.